The normalized spacial score (nSPS) is 13.4. The van der Waals surface area contributed by atoms with Gasteiger partial charge in [0.25, 0.3) is 0 Å². The van der Waals surface area contributed by atoms with E-state index in [1.165, 1.54) is 49.7 Å². The molecule has 0 spiro atoms. The first-order valence-corrected chi connectivity index (χ1v) is 11.0. The van der Waals surface area contributed by atoms with E-state index < -0.39 is 0 Å². The minimum Gasteiger partial charge on any atom is -0.336 e. The van der Waals surface area contributed by atoms with Gasteiger partial charge in [-0.15, -0.1) is 0 Å². The lowest BCUT2D eigenvalue weighted by atomic mass is 10.0. The Balaban J connectivity index is 1.81. The number of benzene rings is 3. The number of hydrogen-bond acceptors (Lipinski definition) is 0. The van der Waals surface area contributed by atoms with Gasteiger partial charge in [-0.05, 0) is 43.7 Å². The van der Waals surface area contributed by atoms with Gasteiger partial charge in [-0.2, -0.15) is 0 Å². The predicted molar refractivity (Wildman–Crippen MR) is 132 cm³/mol. The van der Waals surface area contributed by atoms with Crippen molar-refractivity contribution < 1.29 is 0 Å². The van der Waals surface area contributed by atoms with Gasteiger partial charge in [-0.25, -0.2) is 0 Å². The molecule has 0 unspecified atom stereocenters. The lowest BCUT2D eigenvalue weighted by molar-refractivity contribution is 0.616. The van der Waals surface area contributed by atoms with Crippen LogP contribution in [0.1, 0.15) is 37.6 Å². The molecule has 2 heterocycles. The van der Waals surface area contributed by atoms with Crippen LogP contribution in [0.2, 0.25) is 0 Å². The van der Waals surface area contributed by atoms with Gasteiger partial charge in [-0.3, -0.25) is 0 Å². The third kappa shape index (κ3) is 2.60. The molecule has 0 radical (unpaired) electrons. The first-order valence-electron chi connectivity index (χ1n) is 11.0. The maximum Gasteiger partial charge on any atom is 0.0735 e. The van der Waals surface area contributed by atoms with Gasteiger partial charge in [0.1, 0.15) is 0 Å². The fourth-order valence-corrected chi connectivity index (χ4v) is 5.15. The average Bonchev–Trinajstić information content (AvgIpc) is 3.26. The number of para-hydroxylation sites is 3. The first kappa shape index (κ1) is 18.1. The molecule has 3 aromatic carbocycles. The number of fused-ring (bicyclic) bond motifs is 6. The van der Waals surface area contributed by atoms with Crippen molar-refractivity contribution in [1.29, 1.82) is 0 Å². The molecule has 2 heteroatoms. The Bertz CT molecular complexity index is 1510. The highest BCUT2D eigenvalue weighted by atomic mass is 15.1. The van der Waals surface area contributed by atoms with Gasteiger partial charge in [-0.1, -0.05) is 66.4 Å². The molecule has 5 aromatic rings. The Hall–Kier alpha value is -3.70. The van der Waals surface area contributed by atoms with Gasteiger partial charge < -0.3 is 9.13 Å². The zero-order chi connectivity index (χ0) is 20.9. The van der Waals surface area contributed by atoms with Crippen molar-refractivity contribution >= 4 is 38.8 Å². The lowest BCUT2D eigenvalue weighted by Crippen LogP contribution is -2.06. The van der Waals surface area contributed by atoms with Crippen LogP contribution in [0.4, 0.5) is 0 Å². The summed E-state index contributed by atoms with van der Waals surface area (Å²) in [4.78, 5) is 0. The predicted octanol–water partition coefficient (Wildman–Crippen LogP) is 7.28. The summed E-state index contributed by atoms with van der Waals surface area (Å²) in [6, 6.07) is 24.5. The third-order valence-electron chi connectivity index (χ3n) is 6.37. The van der Waals surface area contributed by atoms with Crippen molar-refractivity contribution in [1.82, 2.24) is 9.13 Å². The summed E-state index contributed by atoms with van der Waals surface area (Å²) in [6.45, 7) is 4.56. The summed E-state index contributed by atoms with van der Waals surface area (Å²) < 4.78 is 4.95. The molecule has 0 amide bonds. The van der Waals surface area contributed by atoms with Crippen molar-refractivity contribution in [2.24, 2.45) is 0 Å². The molecule has 6 rings (SSSR count). The Labute approximate surface area is 182 Å². The standard InChI is InChI=1S/C29H24N2/c1-20(2)30-25-16-6-4-3-5-12-23(25)24-15-11-19-28(29(24)30)31-26-17-9-7-13-21(26)22-14-8-10-18-27(22)31/h6-11,13-20H,4,12H2,1-2H3. The van der Waals surface area contributed by atoms with Crippen molar-refractivity contribution in [3.05, 3.63) is 84.1 Å². The van der Waals surface area contributed by atoms with Crippen LogP contribution in [-0.4, -0.2) is 9.13 Å². The van der Waals surface area contributed by atoms with E-state index in [4.69, 9.17) is 0 Å². The molecule has 1 aliphatic carbocycles. The third-order valence-corrected chi connectivity index (χ3v) is 6.37. The summed E-state index contributed by atoms with van der Waals surface area (Å²) in [6.07, 6.45) is 6.09. The van der Waals surface area contributed by atoms with Gasteiger partial charge in [0.15, 0.2) is 0 Å². The molecule has 2 aromatic heterocycles. The molecule has 0 atom stereocenters. The maximum atomic E-state index is 3.38. The van der Waals surface area contributed by atoms with Crippen LogP contribution in [0.5, 0.6) is 0 Å². The Morgan fingerprint density at radius 3 is 2.16 bits per heavy atom. The van der Waals surface area contributed by atoms with Crippen LogP contribution in [0.15, 0.2) is 72.8 Å². The van der Waals surface area contributed by atoms with Crippen LogP contribution in [-0.2, 0) is 6.42 Å². The molecule has 0 bridgehead atoms. The lowest BCUT2D eigenvalue weighted by Gasteiger charge is -2.17. The zero-order valence-electron chi connectivity index (χ0n) is 17.9. The summed E-state index contributed by atoms with van der Waals surface area (Å²) in [5.41, 5.74) is 7.66. The van der Waals surface area contributed by atoms with Crippen LogP contribution < -0.4 is 0 Å². The molecule has 31 heavy (non-hydrogen) atoms. The molecule has 150 valence electrons. The van der Waals surface area contributed by atoms with Crippen molar-refractivity contribution in [2.75, 3.05) is 0 Å². The minimum atomic E-state index is 0.345. The monoisotopic (exact) mass is 400 g/mol. The van der Waals surface area contributed by atoms with Crippen molar-refractivity contribution in [3.8, 4) is 17.5 Å². The number of rotatable bonds is 2. The highest BCUT2D eigenvalue weighted by Gasteiger charge is 2.22. The van der Waals surface area contributed by atoms with Crippen LogP contribution in [0.3, 0.4) is 0 Å². The molecule has 0 N–H and O–H groups in total. The van der Waals surface area contributed by atoms with Gasteiger partial charge >= 0.3 is 0 Å². The molecule has 0 saturated heterocycles. The first-order chi connectivity index (χ1) is 15.3. The second-order valence-corrected chi connectivity index (χ2v) is 8.51. The summed E-state index contributed by atoms with van der Waals surface area (Å²) in [5.74, 6) is 6.65. The SMILES string of the molecule is CC(C)n1c2c(c3cccc(-n4c5ccccc5c5ccccc54)c31)CC#CCC=C2. The molecule has 1 aliphatic rings. The smallest absolute Gasteiger partial charge is 0.0735 e. The summed E-state index contributed by atoms with van der Waals surface area (Å²) in [7, 11) is 0. The number of allylic oxidation sites excluding steroid dienone is 1. The molecule has 0 fully saturated rings. The van der Waals surface area contributed by atoms with Crippen LogP contribution in [0.25, 0.3) is 44.5 Å². The fraction of sp³-hybridized carbons (Fsp3) is 0.172. The van der Waals surface area contributed by atoms with Crippen molar-refractivity contribution in [2.45, 2.75) is 32.7 Å². The van der Waals surface area contributed by atoms with Gasteiger partial charge in [0.05, 0.1) is 22.2 Å². The van der Waals surface area contributed by atoms with E-state index in [1.54, 1.807) is 0 Å². The van der Waals surface area contributed by atoms with E-state index in [0.29, 0.717) is 6.04 Å². The summed E-state index contributed by atoms with van der Waals surface area (Å²) in [5, 5.41) is 3.90. The van der Waals surface area contributed by atoms with Crippen LogP contribution >= 0.6 is 0 Å². The Kier molecular flexibility index (Phi) is 4.04. The average molecular weight is 401 g/mol. The Morgan fingerprint density at radius 2 is 1.45 bits per heavy atom. The zero-order valence-corrected chi connectivity index (χ0v) is 17.9. The van der Waals surface area contributed by atoms with E-state index in [1.807, 2.05) is 0 Å². The summed E-state index contributed by atoms with van der Waals surface area (Å²) >= 11 is 0. The van der Waals surface area contributed by atoms with E-state index in [2.05, 4.69) is 114 Å². The fourth-order valence-electron chi connectivity index (χ4n) is 5.15. The van der Waals surface area contributed by atoms with Gasteiger partial charge in [0, 0.05) is 40.7 Å². The number of hydrogen-bond donors (Lipinski definition) is 0. The highest BCUT2D eigenvalue weighted by molar-refractivity contribution is 6.10. The second-order valence-electron chi connectivity index (χ2n) is 8.51. The van der Waals surface area contributed by atoms with Gasteiger partial charge in [0.2, 0.25) is 0 Å². The molecular formula is C29H24N2. The van der Waals surface area contributed by atoms with Crippen molar-refractivity contribution in [3.63, 3.8) is 0 Å². The molecule has 0 saturated carbocycles. The minimum absolute atomic E-state index is 0.345. The van der Waals surface area contributed by atoms with Crippen LogP contribution in [0, 0.1) is 11.8 Å². The second kappa shape index (κ2) is 6.93. The Morgan fingerprint density at radius 1 is 0.774 bits per heavy atom. The largest absolute Gasteiger partial charge is 0.336 e. The molecular weight excluding hydrogens is 376 g/mol. The van der Waals surface area contributed by atoms with E-state index in [9.17, 15) is 0 Å². The van der Waals surface area contributed by atoms with E-state index in [0.717, 1.165) is 12.8 Å². The van der Waals surface area contributed by atoms with E-state index in [-0.39, 0.29) is 0 Å². The maximum absolute atomic E-state index is 3.38. The molecule has 2 nitrogen and oxygen atoms in total. The topological polar surface area (TPSA) is 9.86 Å². The van der Waals surface area contributed by atoms with E-state index >= 15 is 0 Å². The quantitative estimate of drug-likeness (QED) is 0.276. The number of aromatic nitrogens is 2. The highest BCUT2D eigenvalue weighted by Crippen LogP contribution is 2.39. The number of nitrogens with zero attached hydrogens (tertiary/aromatic N) is 2. The molecule has 0 aliphatic heterocycles.